The molecule has 2 N–H and O–H groups in total. The van der Waals surface area contributed by atoms with E-state index in [0.717, 1.165) is 0 Å². The van der Waals surface area contributed by atoms with Crippen LogP contribution in [0.5, 0.6) is 5.75 Å². The lowest BCUT2D eigenvalue weighted by atomic mass is 9.94. The normalized spacial score (nSPS) is 21.8. The number of urea groups is 1. The molecule has 2 aliphatic heterocycles. The van der Waals surface area contributed by atoms with E-state index in [2.05, 4.69) is 10.6 Å². The van der Waals surface area contributed by atoms with Gasteiger partial charge in [0.15, 0.2) is 0 Å². The van der Waals surface area contributed by atoms with Crippen molar-refractivity contribution in [1.29, 1.82) is 0 Å². The van der Waals surface area contributed by atoms with Gasteiger partial charge in [-0.15, -0.1) is 0 Å². The molecule has 0 spiro atoms. The van der Waals surface area contributed by atoms with Crippen molar-refractivity contribution in [2.45, 2.75) is 37.5 Å². The zero-order valence-corrected chi connectivity index (χ0v) is 19.6. The molecule has 1 fully saturated rings. The number of nitrogens with one attached hydrogen (secondary N) is 2. The molecule has 0 bridgehead atoms. The Balaban J connectivity index is 1.47. The van der Waals surface area contributed by atoms with Crippen molar-refractivity contribution in [3.8, 4) is 5.75 Å². The summed E-state index contributed by atoms with van der Waals surface area (Å²) in [6, 6.07) is 11.0. The fraction of sp³-hybridized carbons (Fsp3) is 0.375. The van der Waals surface area contributed by atoms with Gasteiger partial charge < -0.3 is 29.7 Å². The maximum absolute atomic E-state index is 13.3. The molecule has 180 valence electrons. The predicted molar refractivity (Wildman–Crippen MR) is 126 cm³/mol. The SMILES string of the molecule is COC(=O)C[C@H]1CC[C@H]2[C@@H](COc3ccc(NC(=O)Nc4cccc(Cl)c4)cc3C(=O)N2C)O1. The van der Waals surface area contributed by atoms with Gasteiger partial charge in [0.05, 0.1) is 31.2 Å². The molecule has 34 heavy (non-hydrogen) atoms. The Hall–Kier alpha value is -3.30. The molecule has 3 amide bonds. The van der Waals surface area contributed by atoms with E-state index in [1.54, 1.807) is 54.4 Å². The zero-order chi connectivity index (χ0) is 24.2. The zero-order valence-electron chi connectivity index (χ0n) is 18.9. The van der Waals surface area contributed by atoms with Crippen LogP contribution in [0.3, 0.4) is 0 Å². The molecular weight excluding hydrogens is 462 g/mol. The minimum atomic E-state index is -0.466. The van der Waals surface area contributed by atoms with Gasteiger partial charge in [0.1, 0.15) is 18.5 Å². The number of rotatable bonds is 4. The molecule has 2 aromatic carbocycles. The second kappa shape index (κ2) is 10.3. The number of benzene rings is 2. The summed E-state index contributed by atoms with van der Waals surface area (Å²) < 4.78 is 16.8. The van der Waals surface area contributed by atoms with Crippen molar-refractivity contribution < 1.29 is 28.6 Å². The third-order valence-corrected chi connectivity index (χ3v) is 6.21. The van der Waals surface area contributed by atoms with Gasteiger partial charge >= 0.3 is 12.0 Å². The number of halogens is 1. The Morgan fingerprint density at radius 3 is 2.65 bits per heavy atom. The van der Waals surface area contributed by atoms with Crippen LogP contribution in [0.2, 0.25) is 5.02 Å². The lowest BCUT2D eigenvalue weighted by Crippen LogP contribution is -2.53. The van der Waals surface area contributed by atoms with Gasteiger partial charge in [0, 0.05) is 23.4 Å². The maximum Gasteiger partial charge on any atom is 0.323 e. The van der Waals surface area contributed by atoms with E-state index in [-0.39, 0.29) is 43.2 Å². The van der Waals surface area contributed by atoms with Gasteiger partial charge in [0.25, 0.3) is 5.91 Å². The Morgan fingerprint density at radius 1 is 1.15 bits per heavy atom. The third-order valence-electron chi connectivity index (χ3n) is 5.97. The van der Waals surface area contributed by atoms with Crippen molar-refractivity contribution in [3.05, 3.63) is 53.1 Å². The Morgan fingerprint density at radius 2 is 1.91 bits per heavy atom. The van der Waals surface area contributed by atoms with Gasteiger partial charge in [-0.2, -0.15) is 0 Å². The van der Waals surface area contributed by atoms with Crippen LogP contribution in [-0.2, 0) is 14.3 Å². The van der Waals surface area contributed by atoms with Crippen LogP contribution in [0.4, 0.5) is 16.2 Å². The van der Waals surface area contributed by atoms with Crippen LogP contribution in [0.25, 0.3) is 0 Å². The van der Waals surface area contributed by atoms with Crippen LogP contribution < -0.4 is 15.4 Å². The molecule has 0 unspecified atom stereocenters. The highest BCUT2D eigenvalue weighted by Crippen LogP contribution is 2.32. The van der Waals surface area contributed by atoms with Crippen molar-refractivity contribution >= 4 is 40.9 Å². The first-order chi connectivity index (χ1) is 16.3. The highest BCUT2D eigenvalue weighted by atomic mass is 35.5. The molecule has 9 nitrogen and oxygen atoms in total. The summed E-state index contributed by atoms with van der Waals surface area (Å²) >= 11 is 5.95. The van der Waals surface area contributed by atoms with Crippen molar-refractivity contribution in [2.24, 2.45) is 0 Å². The number of hydrogen-bond acceptors (Lipinski definition) is 6. The number of anilines is 2. The molecule has 10 heteroatoms. The van der Waals surface area contributed by atoms with Crippen LogP contribution in [-0.4, -0.2) is 61.8 Å². The quantitative estimate of drug-likeness (QED) is 0.633. The van der Waals surface area contributed by atoms with Crippen molar-refractivity contribution in [2.75, 3.05) is 31.4 Å². The average molecular weight is 488 g/mol. The van der Waals surface area contributed by atoms with Crippen molar-refractivity contribution in [1.82, 2.24) is 4.90 Å². The molecule has 4 rings (SSSR count). The first-order valence-electron chi connectivity index (χ1n) is 10.9. The van der Waals surface area contributed by atoms with E-state index < -0.39 is 6.03 Å². The van der Waals surface area contributed by atoms with E-state index in [4.69, 9.17) is 25.8 Å². The second-order valence-electron chi connectivity index (χ2n) is 8.25. The number of ether oxygens (including phenoxy) is 3. The predicted octanol–water partition coefficient (Wildman–Crippen LogP) is 3.93. The summed E-state index contributed by atoms with van der Waals surface area (Å²) in [4.78, 5) is 39.0. The standard InChI is InChI=1S/C24H26ClN3O6/c1-28-19-8-7-17(12-22(29)32-2)34-21(19)13-33-20-9-6-16(11-18(20)23(28)30)27-24(31)26-15-5-3-4-14(25)10-15/h3-6,9-11,17,19,21H,7-8,12-13H2,1-2H3,(H2,26,27,31)/t17-,19+,21-/m1/s1. The number of likely N-dealkylation sites (N-methyl/N-ethyl adjacent to an activating group) is 1. The maximum atomic E-state index is 13.3. The molecule has 2 heterocycles. The number of nitrogens with zero attached hydrogens (tertiary/aromatic N) is 1. The summed E-state index contributed by atoms with van der Waals surface area (Å²) in [7, 11) is 3.07. The Bertz CT molecular complexity index is 1090. The molecule has 3 atom stereocenters. The Kier molecular flexibility index (Phi) is 7.23. The highest BCUT2D eigenvalue weighted by molar-refractivity contribution is 6.30. The summed E-state index contributed by atoms with van der Waals surface area (Å²) in [6.07, 6.45) is 0.829. The van der Waals surface area contributed by atoms with Crippen LogP contribution in [0.1, 0.15) is 29.6 Å². The number of esters is 1. The summed E-state index contributed by atoms with van der Waals surface area (Å²) in [6.45, 7) is 0.231. The molecule has 1 saturated heterocycles. The molecule has 0 saturated carbocycles. The topological polar surface area (TPSA) is 106 Å². The van der Waals surface area contributed by atoms with Gasteiger partial charge in [-0.1, -0.05) is 17.7 Å². The number of carbonyl (C=O) groups is 3. The van der Waals surface area contributed by atoms with Crippen LogP contribution >= 0.6 is 11.6 Å². The average Bonchev–Trinajstić information content (AvgIpc) is 2.81. The molecule has 2 aromatic rings. The molecule has 0 radical (unpaired) electrons. The number of hydrogen-bond donors (Lipinski definition) is 2. The van der Waals surface area contributed by atoms with Gasteiger partial charge in [-0.25, -0.2) is 4.79 Å². The molecule has 0 aromatic heterocycles. The van der Waals surface area contributed by atoms with Crippen molar-refractivity contribution in [3.63, 3.8) is 0 Å². The monoisotopic (exact) mass is 487 g/mol. The first kappa shape index (κ1) is 23.8. The summed E-state index contributed by atoms with van der Waals surface area (Å²) in [5.74, 6) is -0.169. The number of methoxy groups -OCH3 is 1. The van der Waals surface area contributed by atoms with Crippen LogP contribution in [0.15, 0.2) is 42.5 Å². The first-order valence-corrected chi connectivity index (χ1v) is 11.3. The van der Waals surface area contributed by atoms with E-state index in [1.807, 2.05) is 0 Å². The number of carbonyl (C=O) groups excluding carboxylic acids is 3. The van der Waals surface area contributed by atoms with E-state index in [0.29, 0.717) is 40.6 Å². The number of fused-ring (bicyclic) bond motifs is 2. The lowest BCUT2D eigenvalue weighted by Gasteiger charge is -2.42. The minimum Gasteiger partial charge on any atom is -0.490 e. The van der Waals surface area contributed by atoms with Crippen LogP contribution in [0, 0.1) is 0 Å². The van der Waals surface area contributed by atoms with E-state index in [1.165, 1.54) is 7.11 Å². The second-order valence-corrected chi connectivity index (χ2v) is 8.69. The number of amides is 3. The smallest absolute Gasteiger partial charge is 0.323 e. The minimum absolute atomic E-state index is 0.167. The highest BCUT2D eigenvalue weighted by Gasteiger charge is 2.39. The fourth-order valence-electron chi connectivity index (χ4n) is 4.23. The van der Waals surface area contributed by atoms with E-state index >= 15 is 0 Å². The Labute approximate surface area is 202 Å². The molecular formula is C24H26ClN3O6. The van der Waals surface area contributed by atoms with Gasteiger partial charge in [0.2, 0.25) is 0 Å². The van der Waals surface area contributed by atoms with E-state index in [9.17, 15) is 14.4 Å². The molecule has 2 aliphatic rings. The molecule has 0 aliphatic carbocycles. The summed E-state index contributed by atoms with van der Waals surface area (Å²) in [5.41, 5.74) is 1.33. The summed E-state index contributed by atoms with van der Waals surface area (Å²) in [5, 5.41) is 5.94. The fourth-order valence-corrected chi connectivity index (χ4v) is 4.42. The van der Waals surface area contributed by atoms with Gasteiger partial charge in [-0.3, -0.25) is 9.59 Å². The largest absolute Gasteiger partial charge is 0.490 e. The lowest BCUT2D eigenvalue weighted by molar-refractivity contribution is -0.151. The van der Waals surface area contributed by atoms with Gasteiger partial charge in [-0.05, 0) is 49.2 Å². The third kappa shape index (κ3) is 5.43.